The van der Waals surface area contributed by atoms with Crippen LogP contribution in [-0.2, 0) is 0 Å². The number of nitrogens with zero attached hydrogens (tertiary/aromatic N) is 3. The molecule has 0 unspecified atom stereocenters. The molecule has 0 aliphatic heterocycles. The number of carbonyl (C=O) groups excluding carboxylic acids is 1. The number of hydrogen-bond acceptors (Lipinski definition) is 5. The predicted octanol–water partition coefficient (Wildman–Crippen LogP) is 2.96. The summed E-state index contributed by atoms with van der Waals surface area (Å²) in [5, 5.41) is 16.1. The second kappa shape index (κ2) is 7.96. The molecule has 1 amide bonds. The molecule has 2 aromatic carbocycles. The molecule has 1 aromatic heterocycles. The van der Waals surface area contributed by atoms with E-state index < -0.39 is 5.91 Å². The lowest BCUT2D eigenvalue weighted by Gasteiger charge is -2.06. The quantitative estimate of drug-likeness (QED) is 0.662. The van der Waals surface area contributed by atoms with Crippen LogP contribution >= 0.6 is 11.3 Å². The molecule has 8 heteroatoms. The summed E-state index contributed by atoms with van der Waals surface area (Å²) in [7, 11) is 0. The number of aromatic nitrogens is 1. The molecule has 6 nitrogen and oxygen atoms in total. The molecule has 3 aromatic rings. The van der Waals surface area contributed by atoms with Gasteiger partial charge in [0.2, 0.25) is 4.80 Å². The summed E-state index contributed by atoms with van der Waals surface area (Å²) >= 11 is 1.40. The minimum Gasteiger partial charge on any atom is -0.507 e. The van der Waals surface area contributed by atoms with E-state index in [1.165, 1.54) is 35.6 Å². The second-order valence-corrected chi connectivity index (χ2v) is 6.42. The number of carbonyl (C=O) groups is 1. The van der Waals surface area contributed by atoms with Gasteiger partial charge in [0.05, 0.1) is 17.5 Å². The molecule has 0 atom stereocenters. The molecule has 0 aliphatic carbocycles. The number of amides is 1. The number of phenols is 1. The zero-order valence-corrected chi connectivity index (χ0v) is 15.3. The van der Waals surface area contributed by atoms with Gasteiger partial charge in [0.1, 0.15) is 11.6 Å². The Hall–Kier alpha value is -3.26. The minimum atomic E-state index is -0.718. The maximum Gasteiger partial charge on any atom is 0.252 e. The highest BCUT2D eigenvalue weighted by Crippen LogP contribution is 2.26. The lowest BCUT2D eigenvalue weighted by atomic mass is 10.1. The summed E-state index contributed by atoms with van der Waals surface area (Å²) in [5.41, 5.74) is 7.42. The number of thiazole rings is 1. The van der Waals surface area contributed by atoms with Crippen LogP contribution in [0.5, 0.6) is 5.75 Å². The van der Waals surface area contributed by atoms with Gasteiger partial charge in [-0.1, -0.05) is 12.1 Å². The van der Waals surface area contributed by atoms with Crippen LogP contribution in [0.25, 0.3) is 11.3 Å². The molecule has 0 saturated carbocycles. The fraction of sp³-hybridized carbons (Fsp3) is 0.105. The zero-order chi connectivity index (χ0) is 19.4. The molecular weight excluding hydrogens is 367 g/mol. The Bertz CT molecular complexity index is 1070. The van der Waals surface area contributed by atoms with E-state index in [0.717, 1.165) is 5.56 Å². The van der Waals surface area contributed by atoms with Crippen molar-refractivity contribution in [3.8, 4) is 17.0 Å². The Kier molecular flexibility index (Phi) is 5.46. The van der Waals surface area contributed by atoms with Crippen LogP contribution in [0, 0.1) is 5.82 Å². The van der Waals surface area contributed by atoms with Crippen LogP contribution in [0.1, 0.15) is 22.8 Å². The number of rotatable bonds is 5. The van der Waals surface area contributed by atoms with E-state index in [-0.39, 0.29) is 17.1 Å². The lowest BCUT2D eigenvalue weighted by molar-refractivity contribution is 0.0998. The van der Waals surface area contributed by atoms with Gasteiger partial charge in [0, 0.05) is 17.5 Å². The number of primary amides is 1. The van der Waals surface area contributed by atoms with Gasteiger partial charge in [-0.15, -0.1) is 11.3 Å². The first-order valence-electron chi connectivity index (χ1n) is 8.13. The summed E-state index contributed by atoms with van der Waals surface area (Å²) in [6.07, 6.45) is 1.60. The van der Waals surface area contributed by atoms with Gasteiger partial charge >= 0.3 is 0 Å². The minimum absolute atomic E-state index is 0.0294. The van der Waals surface area contributed by atoms with Crippen molar-refractivity contribution >= 4 is 23.5 Å². The van der Waals surface area contributed by atoms with Crippen LogP contribution in [-0.4, -0.2) is 28.4 Å². The van der Waals surface area contributed by atoms with E-state index in [1.54, 1.807) is 29.1 Å². The predicted molar refractivity (Wildman–Crippen MR) is 103 cm³/mol. The van der Waals surface area contributed by atoms with Gasteiger partial charge in [-0.25, -0.2) is 9.07 Å². The summed E-state index contributed by atoms with van der Waals surface area (Å²) in [6, 6.07) is 10.6. The average molecular weight is 384 g/mol. The lowest BCUT2D eigenvalue weighted by Crippen LogP contribution is -2.13. The third-order valence-corrected chi connectivity index (χ3v) is 4.58. The fourth-order valence-electron chi connectivity index (χ4n) is 2.42. The number of nitrogens with two attached hydrogens (primary N) is 1. The molecule has 138 valence electrons. The number of benzene rings is 2. The highest BCUT2D eigenvalue weighted by Gasteiger charge is 2.13. The van der Waals surface area contributed by atoms with Crippen LogP contribution < -0.4 is 10.5 Å². The Morgan fingerprint density at radius 3 is 2.70 bits per heavy atom. The van der Waals surface area contributed by atoms with Gasteiger partial charge in [-0.2, -0.15) is 5.10 Å². The molecule has 0 bridgehead atoms. The normalized spacial score (nSPS) is 12.0. The van der Waals surface area contributed by atoms with E-state index in [1.807, 2.05) is 12.3 Å². The largest absolute Gasteiger partial charge is 0.507 e. The third-order valence-electron chi connectivity index (χ3n) is 3.73. The van der Waals surface area contributed by atoms with Gasteiger partial charge in [0.15, 0.2) is 0 Å². The molecule has 0 spiro atoms. The van der Waals surface area contributed by atoms with Crippen molar-refractivity contribution in [3.63, 3.8) is 0 Å². The molecule has 0 radical (unpaired) electrons. The third kappa shape index (κ3) is 4.12. The summed E-state index contributed by atoms with van der Waals surface area (Å²) in [5.74, 6) is -1.22. The molecule has 27 heavy (non-hydrogen) atoms. The molecule has 0 fully saturated rings. The van der Waals surface area contributed by atoms with E-state index >= 15 is 0 Å². The first-order valence-corrected chi connectivity index (χ1v) is 9.01. The second-order valence-electron chi connectivity index (χ2n) is 5.58. The van der Waals surface area contributed by atoms with Gasteiger partial charge in [-0.3, -0.25) is 9.79 Å². The molecule has 3 N–H and O–H groups in total. The molecular formula is C19H17FN4O2S. The van der Waals surface area contributed by atoms with Crippen LogP contribution in [0.4, 0.5) is 4.39 Å². The Labute approximate surface area is 158 Å². The maximum atomic E-state index is 13.1. The van der Waals surface area contributed by atoms with Crippen molar-refractivity contribution in [1.29, 1.82) is 0 Å². The zero-order valence-electron chi connectivity index (χ0n) is 14.5. The van der Waals surface area contributed by atoms with Crippen LogP contribution in [0.15, 0.2) is 57.9 Å². The Morgan fingerprint density at radius 2 is 2.04 bits per heavy atom. The summed E-state index contributed by atoms with van der Waals surface area (Å²) in [6.45, 7) is 2.49. The van der Waals surface area contributed by atoms with Crippen molar-refractivity contribution in [2.45, 2.75) is 6.92 Å². The fourth-order valence-corrected chi connectivity index (χ4v) is 3.32. The van der Waals surface area contributed by atoms with Crippen molar-refractivity contribution < 1.29 is 14.3 Å². The highest BCUT2D eigenvalue weighted by atomic mass is 32.1. The SMILES string of the molecule is CCN=c1scc(-c2ccc(O)c(C(N)=O)c2)n1N=Cc1ccc(F)cc1. The monoisotopic (exact) mass is 384 g/mol. The van der Waals surface area contributed by atoms with E-state index in [4.69, 9.17) is 5.73 Å². The molecule has 0 aliphatic rings. The van der Waals surface area contributed by atoms with Gasteiger partial charge in [-0.05, 0) is 42.8 Å². The van der Waals surface area contributed by atoms with E-state index in [2.05, 4.69) is 10.1 Å². The van der Waals surface area contributed by atoms with Crippen LogP contribution in [0.3, 0.4) is 0 Å². The first kappa shape index (κ1) is 18.5. The smallest absolute Gasteiger partial charge is 0.252 e. The van der Waals surface area contributed by atoms with Gasteiger partial charge < -0.3 is 10.8 Å². The molecule has 3 rings (SSSR count). The topological polar surface area (TPSA) is 93.0 Å². The molecule has 1 heterocycles. The molecule has 0 saturated heterocycles. The standard InChI is InChI=1S/C19H17FN4O2S/c1-2-22-19-24(23-10-12-3-6-14(20)7-4-12)16(11-27-19)13-5-8-17(25)15(9-13)18(21)26/h3-11,25H,2H2,1H3,(H2,21,26). The highest BCUT2D eigenvalue weighted by molar-refractivity contribution is 7.07. The van der Waals surface area contributed by atoms with Crippen LogP contribution in [0.2, 0.25) is 0 Å². The first-order chi connectivity index (χ1) is 13.0. The Balaban J connectivity index is 2.10. The number of aromatic hydroxyl groups is 1. The Morgan fingerprint density at radius 1 is 1.30 bits per heavy atom. The van der Waals surface area contributed by atoms with E-state index in [9.17, 15) is 14.3 Å². The van der Waals surface area contributed by atoms with Crippen molar-refractivity contribution in [1.82, 2.24) is 4.68 Å². The van der Waals surface area contributed by atoms with Crippen molar-refractivity contribution in [2.24, 2.45) is 15.8 Å². The van der Waals surface area contributed by atoms with Crippen molar-refractivity contribution in [2.75, 3.05) is 6.54 Å². The summed E-state index contributed by atoms with van der Waals surface area (Å²) < 4.78 is 14.7. The van der Waals surface area contributed by atoms with Crippen molar-refractivity contribution in [3.05, 3.63) is 69.6 Å². The summed E-state index contributed by atoms with van der Waals surface area (Å²) in [4.78, 5) is 16.6. The number of hydrogen-bond donors (Lipinski definition) is 2. The number of halogens is 1. The maximum absolute atomic E-state index is 13.1. The van der Waals surface area contributed by atoms with E-state index in [0.29, 0.717) is 22.6 Å². The van der Waals surface area contributed by atoms with Gasteiger partial charge in [0.25, 0.3) is 5.91 Å². The average Bonchev–Trinajstić information content (AvgIpc) is 3.04.